The van der Waals surface area contributed by atoms with Crippen molar-refractivity contribution in [3.05, 3.63) is 35.9 Å². The fraction of sp³-hybridized carbons (Fsp3) is 0.667. The van der Waals surface area contributed by atoms with Gasteiger partial charge in [-0.1, -0.05) is 36.8 Å². The van der Waals surface area contributed by atoms with Crippen LogP contribution in [0.2, 0.25) is 0 Å². The lowest BCUT2D eigenvalue weighted by Crippen LogP contribution is -2.50. The Balaban J connectivity index is 1.41. The van der Waals surface area contributed by atoms with Gasteiger partial charge in [0.1, 0.15) is 0 Å². The third-order valence-corrected chi connectivity index (χ3v) is 6.46. The Bertz CT molecular complexity index is 562. The number of hydrogen-bond acceptors (Lipinski definition) is 3. The van der Waals surface area contributed by atoms with Crippen LogP contribution in [0.5, 0.6) is 0 Å². The van der Waals surface area contributed by atoms with E-state index in [2.05, 4.69) is 45.4 Å². The van der Waals surface area contributed by atoms with E-state index >= 15 is 0 Å². The molecule has 0 aliphatic carbocycles. The molecule has 4 heteroatoms. The Kier molecular flexibility index (Phi) is 5.37. The molecule has 3 saturated heterocycles. The largest absolute Gasteiger partial charge is 0.341 e. The molecule has 3 atom stereocenters. The molecule has 3 aliphatic heterocycles. The summed E-state index contributed by atoms with van der Waals surface area (Å²) in [4.78, 5) is 17.9. The molecule has 0 bridgehead atoms. The smallest absolute Gasteiger partial charge is 0.239 e. The van der Waals surface area contributed by atoms with Gasteiger partial charge in [0.05, 0.1) is 6.04 Å². The Morgan fingerprint density at radius 2 is 1.68 bits per heavy atom. The van der Waals surface area contributed by atoms with Gasteiger partial charge in [-0.2, -0.15) is 0 Å². The number of amides is 1. The fourth-order valence-electron chi connectivity index (χ4n) is 4.93. The molecule has 4 rings (SSSR count). The topological polar surface area (TPSA) is 35.6 Å². The summed E-state index contributed by atoms with van der Waals surface area (Å²) in [6.45, 7) is 6.16. The highest BCUT2D eigenvalue weighted by Crippen LogP contribution is 2.29. The number of nitrogens with one attached hydrogen (secondary N) is 1. The van der Waals surface area contributed by atoms with Crippen LogP contribution < -0.4 is 5.32 Å². The maximum Gasteiger partial charge on any atom is 0.239 e. The molecule has 1 unspecified atom stereocenters. The van der Waals surface area contributed by atoms with Gasteiger partial charge in [-0.25, -0.2) is 0 Å². The first-order chi connectivity index (χ1) is 12.3. The van der Waals surface area contributed by atoms with Crippen molar-refractivity contribution in [2.45, 2.75) is 44.7 Å². The molecule has 3 heterocycles. The number of nitrogens with zero attached hydrogens (tertiary/aromatic N) is 2. The van der Waals surface area contributed by atoms with Crippen LogP contribution in [0.4, 0.5) is 0 Å². The zero-order valence-electron chi connectivity index (χ0n) is 15.2. The molecule has 1 N–H and O–H groups in total. The van der Waals surface area contributed by atoms with Gasteiger partial charge >= 0.3 is 0 Å². The number of piperidine rings is 1. The quantitative estimate of drug-likeness (QED) is 0.917. The van der Waals surface area contributed by atoms with Gasteiger partial charge < -0.3 is 10.2 Å². The lowest BCUT2D eigenvalue weighted by atomic mass is 9.92. The van der Waals surface area contributed by atoms with Crippen LogP contribution in [0.3, 0.4) is 0 Å². The van der Waals surface area contributed by atoms with E-state index in [0.717, 1.165) is 57.5 Å². The van der Waals surface area contributed by atoms with E-state index in [4.69, 9.17) is 0 Å². The van der Waals surface area contributed by atoms with Crippen molar-refractivity contribution in [2.24, 2.45) is 11.8 Å². The highest BCUT2D eigenvalue weighted by Gasteiger charge is 2.35. The van der Waals surface area contributed by atoms with Crippen LogP contribution in [0.1, 0.15) is 37.7 Å². The molecular weight excluding hydrogens is 310 g/mol. The first kappa shape index (κ1) is 17.0. The highest BCUT2D eigenvalue weighted by atomic mass is 16.2. The summed E-state index contributed by atoms with van der Waals surface area (Å²) in [6, 6.07) is 10.7. The van der Waals surface area contributed by atoms with Crippen LogP contribution >= 0.6 is 0 Å². The summed E-state index contributed by atoms with van der Waals surface area (Å²) < 4.78 is 0. The van der Waals surface area contributed by atoms with Crippen LogP contribution in [0, 0.1) is 11.8 Å². The van der Waals surface area contributed by atoms with Crippen molar-refractivity contribution in [1.29, 1.82) is 0 Å². The van der Waals surface area contributed by atoms with Crippen molar-refractivity contribution in [3.63, 3.8) is 0 Å². The minimum atomic E-state index is 0.0880. The van der Waals surface area contributed by atoms with Gasteiger partial charge in [0.2, 0.25) is 5.91 Å². The fourth-order valence-corrected chi connectivity index (χ4v) is 4.93. The molecule has 3 aliphatic rings. The molecule has 25 heavy (non-hydrogen) atoms. The van der Waals surface area contributed by atoms with E-state index in [-0.39, 0.29) is 6.04 Å². The lowest BCUT2D eigenvalue weighted by Gasteiger charge is -2.37. The SMILES string of the molecule is O=C(C1CCCCN1Cc1ccccc1)N1CC[C@@H]2CNC[C@@H]2CC1. The van der Waals surface area contributed by atoms with Crippen LogP contribution in [-0.2, 0) is 11.3 Å². The predicted octanol–water partition coefficient (Wildman–Crippen LogP) is 2.50. The van der Waals surface area contributed by atoms with Gasteiger partial charge in [0.15, 0.2) is 0 Å². The Hall–Kier alpha value is -1.39. The lowest BCUT2D eigenvalue weighted by molar-refractivity contribution is -0.138. The molecule has 1 amide bonds. The number of hydrogen-bond donors (Lipinski definition) is 1. The van der Waals surface area contributed by atoms with Gasteiger partial charge in [-0.15, -0.1) is 0 Å². The number of carbonyl (C=O) groups is 1. The molecule has 3 fully saturated rings. The highest BCUT2D eigenvalue weighted by molar-refractivity contribution is 5.82. The first-order valence-corrected chi connectivity index (χ1v) is 10.1. The Morgan fingerprint density at radius 1 is 0.960 bits per heavy atom. The van der Waals surface area contributed by atoms with Crippen molar-refractivity contribution < 1.29 is 4.79 Å². The van der Waals surface area contributed by atoms with Gasteiger partial charge in [0, 0.05) is 19.6 Å². The standard InChI is InChI=1S/C21H31N3O/c25-21(23-12-9-18-14-22-15-19(18)10-13-23)20-8-4-5-11-24(20)16-17-6-2-1-3-7-17/h1-3,6-7,18-20,22H,4-5,8-16H2/t18-,19+,20?. The van der Waals surface area contributed by atoms with E-state index in [1.165, 1.54) is 31.2 Å². The van der Waals surface area contributed by atoms with E-state index in [9.17, 15) is 4.79 Å². The zero-order chi connectivity index (χ0) is 17.1. The van der Waals surface area contributed by atoms with E-state index in [1.54, 1.807) is 0 Å². The number of rotatable bonds is 3. The summed E-state index contributed by atoms with van der Waals surface area (Å²) in [5, 5.41) is 3.52. The second kappa shape index (κ2) is 7.88. The maximum atomic E-state index is 13.3. The van der Waals surface area contributed by atoms with E-state index < -0.39 is 0 Å². The number of likely N-dealkylation sites (tertiary alicyclic amines) is 2. The molecule has 1 aromatic carbocycles. The summed E-state index contributed by atoms with van der Waals surface area (Å²) in [5.74, 6) is 1.96. The number of carbonyl (C=O) groups excluding carboxylic acids is 1. The molecule has 0 radical (unpaired) electrons. The third kappa shape index (κ3) is 3.90. The predicted molar refractivity (Wildman–Crippen MR) is 100 cm³/mol. The molecule has 1 aromatic rings. The van der Waals surface area contributed by atoms with Crippen molar-refractivity contribution >= 4 is 5.91 Å². The second-order valence-electron chi connectivity index (χ2n) is 8.05. The van der Waals surface area contributed by atoms with Crippen molar-refractivity contribution in [2.75, 3.05) is 32.7 Å². The third-order valence-electron chi connectivity index (χ3n) is 6.46. The number of fused-ring (bicyclic) bond motifs is 1. The summed E-state index contributed by atoms with van der Waals surface area (Å²) >= 11 is 0. The van der Waals surface area contributed by atoms with Gasteiger partial charge in [0.25, 0.3) is 0 Å². The van der Waals surface area contributed by atoms with E-state index in [0.29, 0.717) is 5.91 Å². The van der Waals surface area contributed by atoms with Crippen LogP contribution in [0.15, 0.2) is 30.3 Å². The Labute approximate surface area is 151 Å². The first-order valence-electron chi connectivity index (χ1n) is 10.1. The molecule has 0 spiro atoms. The van der Waals surface area contributed by atoms with Gasteiger partial charge in [-0.05, 0) is 62.7 Å². The monoisotopic (exact) mass is 341 g/mol. The molecular formula is C21H31N3O. The van der Waals surface area contributed by atoms with Crippen molar-refractivity contribution in [1.82, 2.24) is 15.1 Å². The second-order valence-corrected chi connectivity index (χ2v) is 8.05. The summed E-state index contributed by atoms with van der Waals surface area (Å²) in [5.41, 5.74) is 1.32. The van der Waals surface area contributed by atoms with Crippen LogP contribution in [0.25, 0.3) is 0 Å². The van der Waals surface area contributed by atoms with Gasteiger partial charge in [-0.3, -0.25) is 9.69 Å². The summed E-state index contributed by atoms with van der Waals surface area (Å²) in [6.07, 6.45) is 5.78. The minimum absolute atomic E-state index is 0.0880. The average molecular weight is 341 g/mol. The minimum Gasteiger partial charge on any atom is -0.341 e. The molecule has 136 valence electrons. The average Bonchev–Trinajstić information content (AvgIpc) is 3.01. The number of benzene rings is 1. The zero-order valence-corrected chi connectivity index (χ0v) is 15.2. The molecule has 4 nitrogen and oxygen atoms in total. The summed E-state index contributed by atoms with van der Waals surface area (Å²) in [7, 11) is 0. The molecule has 0 saturated carbocycles. The van der Waals surface area contributed by atoms with Crippen molar-refractivity contribution in [3.8, 4) is 0 Å². The van der Waals surface area contributed by atoms with E-state index in [1.807, 2.05) is 0 Å². The Morgan fingerprint density at radius 3 is 2.40 bits per heavy atom. The molecule has 0 aromatic heterocycles. The normalized spacial score (nSPS) is 30.7. The van der Waals surface area contributed by atoms with Crippen LogP contribution in [-0.4, -0.2) is 54.5 Å². The maximum absolute atomic E-state index is 13.3.